The molecule has 76 valence electrons. The molecular formula is C11H14O3. The van der Waals surface area contributed by atoms with Gasteiger partial charge in [0, 0.05) is 12.5 Å². The van der Waals surface area contributed by atoms with E-state index < -0.39 is 0 Å². The smallest absolute Gasteiger partial charge is 0.123 e. The average Bonchev–Trinajstić information content (AvgIpc) is 2.19. The van der Waals surface area contributed by atoms with E-state index in [9.17, 15) is 4.79 Å². The summed E-state index contributed by atoms with van der Waals surface area (Å²) in [6, 6.07) is 7.39. The van der Waals surface area contributed by atoms with Crippen molar-refractivity contribution in [3.8, 4) is 11.5 Å². The molecule has 3 heteroatoms. The Morgan fingerprint density at radius 2 is 2.00 bits per heavy atom. The Labute approximate surface area is 83.6 Å². The minimum atomic E-state index is 0.416. The van der Waals surface area contributed by atoms with Gasteiger partial charge in [-0.05, 0) is 19.1 Å². The molecule has 3 nitrogen and oxygen atoms in total. The van der Waals surface area contributed by atoms with Gasteiger partial charge in [0.25, 0.3) is 0 Å². The topological polar surface area (TPSA) is 35.5 Å². The van der Waals surface area contributed by atoms with E-state index in [1.807, 2.05) is 31.2 Å². The quantitative estimate of drug-likeness (QED) is 0.513. The van der Waals surface area contributed by atoms with Crippen molar-refractivity contribution in [1.82, 2.24) is 0 Å². The molecule has 0 aliphatic rings. The molecule has 0 spiro atoms. The maximum absolute atomic E-state index is 10.1. The van der Waals surface area contributed by atoms with Crippen LogP contribution in [-0.2, 0) is 4.79 Å². The number of carbonyl (C=O) groups is 1. The number of hydrogen-bond acceptors (Lipinski definition) is 3. The highest BCUT2D eigenvalue weighted by molar-refractivity contribution is 5.49. The molecule has 0 saturated carbocycles. The molecule has 0 amide bonds. The Balaban J connectivity index is 2.50. The van der Waals surface area contributed by atoms with Crippen LogP contribution in [0.4, 0.5) is 0 Å². The van der Waals surface area contributed by atoms with Gasteiger partial charge < -0.3 is 14.3 Å². The van der Waals surface area contributed by atoms with Crippen LogP contribution in [-0.4, -0.2) is 19.5 Å². The van der Waals surface area contributed by atoms with Gasteiger partial charge in [0.1, 0.15) is 17.8 Å². The standard InChI is InChI=1S/C11H14O3/c1-2-13-10-5-3-6-11(9-10)14-8-4-7-12/h3,5-7,9H,2,4,8H2,1H3. The number of carbonyl (C=O) groups excluding carboxylic acids is 1. The molecule has 14 heavy (non-hydrogen) atoms. The minimum Gasteiger partial charge on any atom is -0.494 e. The number of hydrogen-bond donors (Lipinski definition) is 0. The van der Waals surface area contributed by atoms with E-state index in [1.54, 1.807) is 0 Å². The molecule has 0 bridgehead atoms. The summed E-state index contributed by atoms with van der Waals surface area (Å²) in [5.74, 6) is 1.52. The van der Waals surface area contributed by atoms with Crippen LogP contribution < -0.4 is 9.47 Å². The summed E-state index contributed by atoms with van der Waals surface area (Å²) in [4.78, 5) is 10.1. The molecule has 0 aliphatic carbocycles. The Morgan fingerprint density at radius 1 is 1.29 bits per heavy atom. The van der Waals surface area contributed by atoms with Gasteiger partial charge >= 0.3 is 0 Å². The Bertz CT molecular complexity index is 284. The lowest BCUT2D eigenvalue weighted by molar-refractivity contribution is -0.108. The summed E-state index contributed by atoms with van der Waals surface area (Å²) in [5.41, 5.74) is 0. The predicted molar refractivity (Wildman–Crippen MR) is 53.8 cm³/mol. The third kappa shape index (κ3) is 3.47. The minimum absolute atomic E-state index is 0.416. The number of ether oxygens (including phenoxy) is 2. The highest BCUT2D eigenvalue weighted by Crippen LogP contribution is 2.19. The van der Waals surface area contributed by atoms with Crippen molar-refractivity contribution in [2.75, 3.05) is 13.2 Å². The molecule has 1 aromatic carbocycles. The first-order valence-electron chi connectivity index (χ1n) is 4.66. The number of benzene rings is 1. The summed E-state index contributed by atoms with van der Waals surface area (Å²) in [6.07, 6.45) is 1.26. The van der Waals surface area contributed by atoms with Gasteiger partial charge in [-0.3, -0.25) is 0 Å². The summed E-state index contributed by atoms with van der Waals surface area (Å²) < 4.78 is 10.6. The molecular weight excluding hydrogens is 180 g/mol. The van der Waals surface area contributed by atoms with Gasteiger partial charge in [-0.15, -0.1) is 0 Å². The van der Waals surface area contributed by atoms with E-state index in [0.717, 1.165) is 17.8 Å². The van der Waals surface area contributed by atoms with Crippen LogP contribution >= 0.6 is 0 Å². The average molecular weight is 194 g/mol. The molecule has 0 radical (unpaired) electrons. The molecule has 0 saturated heterocycles. The first-order chi connectivity index (χ1) is 6.86. The zero-order chi connectivity index (χ0) is 10.2. The van der Waals surface area contributed by atoms with Crippen molar-refractivity contribution in [1.29, 1.82) is 0 Å². The molecule has 0 fully saturated rings. The largest absolute Gasteiger partial charge is 0.494 e. The van der Waals surface area contributed by atoms with Gasteiger partial charge in [0.2, 0.25) is 0 Å². The molecule has 1 aromatic rings. The van der Waals surface area contributed by atoms with Crippen molar-refractivity contribution >= 4 is 6.29 Å². The van der Waals surface area contributed by atoms with Crippen LogP contribution in [0.15, 0.2) is 24.3 Å². The third-order valence-electron chi connectivity index (χ3n) is 1.62. The van der Waals surface area contributed by atoms with Gasteiger partial charge in [-0.25, -0.2) is 0 Å². The van der Waals surface area contributed by atoms with Gasteiger partial charge in [-0.1, -0.05) is 6.07 Å². The Hall–Kier alpha value is -1.51. The summed E-state index contributed by atoms with van der Waals surface area (Å²) in [5, 5.41) is 0. The lowest BCUT2D eigenvalue weighted by Gasteiger charge is -2.06. The number of aldehydes is 1. The number of rotatable bonds is 6. The van der Waals surface area contributed by atoms with Crippen LogP contribution in [0.1, 0.15) is 13.3 Å². The van der Waals surface area contributed by atoms with E-state index in [4.69, 9.17) is 9.47 Å². The van der Waals surface area contributed by atoms with Crippen molar-refractivity contribution in [3.63, 3.8) is 0 Å². The maximum atomic E-state index is 10.1. The fraction of sp³-hybridized carbons (Fsp3) is 0.364. The first-order valence-corrected chi connectivity index (χ1v) is 4.66. The second-order valence-electron chi connectivity index (χ2n) is 2.71. The fourth-order valence-corrected chi connectivity index (χ4v) is 1.05. The second-order valence-corrected chi connectivity index (χ2v) is 2.71. The fourth-order valence-electron chi connectivity index (χ4n) is 1.05. The molecule has 0 aliphatic heterocycles. The summed E-state index contributed by atoms with van der Waals surface area (Å²) >= 11 is 0. The molecule has 0 N–H and O–H groups in total. The summed E-state index contributed by atoms with van der Waals surface area (Å²) in [7, 11) is 0. The van der Waals surface area contributed by atoms with E-state index in [2.05, 4.69) is 0 Å². The molecule has 0 atom stereocenters. The van der Waals surface area contributed by atoms with Gasteiger partial charge in [0.15, 0.2) is 0 Å². The van der Waals surface area contributed by atoms with Crippen molar-refractivity contribution < 1.29 is 14.3 Å². The van der Waals surface area contributed by atoms with Crippen molar-refractivity contribution in [2.45, 2.75) is 13.3 Å². The highest BCUT2D eigenvalue weighted by Gasteiger charge is 1.96. The van der Waals surface area contributed by atoms with Crippen LogP contribution in [0, 0.1) is 0 Å². The molecule has 1 rings (SSSR count). The van der Waals surface area contributed by atoms with E-state index in [-0.39, 0.29) is 0 Å². The Morgan fingerprint density at radius 3 is 2.64 bits per heavy atom. The molecule has 0 aromatic heterocycles. The molecule has 0 unspecified atom stereocenters. The lowest BCUT2D eigenvalue weighted by atomic mass is 10.3. The highest BCUT2D eigenvalue weighted by atomic mass is 16.5. The molecule has 0 heterocycles. The van der Waals surface area contributed by atoms with Crippen molar-refractivity contribution in [2.24, 2.45) is 0 Å². The van der Waals surface area contributed by atoms with E-state index >= 15 is 0 Å². The Kier molecular flexibility index (Phi) is 4.55. The monoisotopic (exact) mass is 194 g/mol. The maximum Gasteiger partial charge on any atom is 0.123 e. The van der Waals surface area contributed by atoms with Crippen LogP contribution in [0.5, 0.6) is 11.5 Å². The zero-order valence-electron chi connectivity index (χ0n) is 8.23. The van der Waals surface area contributed by atoms with Crippen LogP contribution in [0.3, 0.4) is 0 Å². The zero-order valence-corrected chi connectivity index (χ0v) is 8.23. The lowest BCUT2D eigenvalue weighted by Crippen LogP contribution is -1.98. The van der Waals surface area contributed by atoms with Gasteiger partial charge in [-0.2, -0.15) is 0 Å². The normalized spacial score (nSPS) is 9.50. The van der Waals surface area contributed by atoms with Gasteiger partial charge in [0.05, 0.1) is 13.2 Å². The SMILES string of the molecule is CCOc1cccc(OCCC=O)c1. The van der Waals surface area contributed by atoms with Crippen LogP contribution in [0.2, 0.25) is 0 Å². The summed E-state index contributed by atoms with van der Waals surface area (Å²) in [6.45, 7) is 2.98. The third-order valence-corrected chi connectivity index (χ3v) is 1.62. The van der Waals surface area contributed by atoms with Crippen molar-refractivity contribution in [3.05, 3.63) is 24.3 Å². The van der Waals surface area contributed by atoms with Crippen LogP contribution in [0.25, 0.3) is 0 Å². The second kappa shape index (κ2) is 6.02. The van der Waals surface area contributed by atoms with E-state index in [1.165, 1.54) is 0 Å². The predicted octanol–water partition coefficient (Wildman–Crippen LogP) is 2.05. The van der Waals surface area contributed by atoms with E-state index in [0.29, 0.717) is 19.6 Å². The first kappa shape index (κ1) is 10.6.